The van der Waals surface area contributed by atoms with Gasteiger partial charge in [0.1, 0.15) is 17.3 Å². The van der Waals surface area contributed by atoms with Crippen molar-refractivity contribution in [2.24, 2.45) is 0 Å². The lowest BCUT2D eigenvalue weighted by molar-refractivity contribution is -0.145. The molecule has 0 radical (unpaired) electrons. The van der Waals surface area contributed by atoms with Crippen LogP contribution in [0.1, 0.15) is 41.2 Å². The maximum Gasteiger partial charge on any atom is 0.306 e. The molecule has 0 atom stereocenters. The first kappa shape index (κ1) is 16.9. The van der Waals surface area contributed by atoms with Crippen LogP contribution >= 0.6 is 11.3 Å². The minimum atomic E-state index is -0.330. The Morgan fingerprint density at radius 2 is 2.15 bits per heavy atom. The number of aromatic nitrogens is 3. The van der Waals surface area contributed by atoms with Gasteiger partial charge in [0.2, 0.25) is 0 Å². The summed E-state index contributed by atoms with van der Waals surface area (Å²) in [6.07, 6.45) is 6.48. The van der Waals surface area contributed by atoms with Gasteiger partial charge < -0.3 is 9.72 Å². The number of fused-ring (bicyclic) bond motifs is 3. The number of carbonyl (C=O) groups is 1. The standard InChI is InChI=1S/C19H19N3O3S/c23-16(25-11-12-5-3-4-10-20-12)9-8-15-21-18(24)17-13-6-1-2-7-14(13)26-19(17)22-15/h3-5,10H,1-2,6-9,11H2,(H,21,22,24). The van der Waals surface area contributed by atoms with E-state index in [9.17, 15) is 9.59 Å². The van der Waals surface area contributed by atoms with Crippen LogP contribution in [-0.2, 0) is 35.4 Å². The van der Waals surface area contributed by atoms with Crippen molar-refractivity contribution in [2.45, 2.75) is 45.1 Å². The molecule has 26 heavy (non-hydrogen) atoms. The number of carbonyl (C=O) groups excluding carboxylic acids is 1. The lowest BCUT2D eigenvalue weighted by Crippen LogP contribution is -2.14. The molecule has 3 aromatic heterocycles. The average Bonchev–Trinajstić information content (AvgIpc) is 3.04. The van der Waals surface area contributed by atoms with E-state index in [-0.39, 0.29) is 24.6 Å². The number of ether oxygens (including phenoxy) is 1. The summed E-state index contributed by atoms with van der Waals surface area (Å²) in [4.78, 5) is 38.0. The molecule has 3 heterocycles. The summed E-state index contributed by atoms with van der Waals surface area (Å²) in [6.45, 7) is 0.153. The zero-order chi connectivity index (χ0) is 17.9. The lowest BCUT2D eigenvalue weighted by atomic mass is 9.97. The van der Waals surface area contributed by atoms with E-state index in [0.717, 1.165) is 29.5 Å². The fourth-order valence-electron chi connectivity index (χ4n) is 3.26. The third-order valence-electron chi connectivity index (χ3n) is 4.55. The fraction of sp³-hybridized carbons (Fsp3) is 0.368. The van der Waals surface area contributed by atoms with E-state index in [1.165, 1.54) is 16.9 Å². The SMILES string of the molecule is O=C(CCc1nc2sc3c(c2c(=O)[nH]1)CCCC3)OCc1ccccn1. The van der Waals surface area contributed by atoms with Gasteiger partial charge in [-0.05, 0) is 43.4 Å². The van der Waals surface area contributed by atoms with Crippen molar-refractivity contribution in [2.75, 3.05) is 0 Å². The van der Waals surface area contributed by atoms with E-state index in [4.69, 9.17) is 4.74 Å². The fourth-order valence-corrected chi connectivity index (χ4v) is 4.54. The van der Waals surface area contributed by atoms with Crippen molar-refractivity contribution in [3.05, 3.63) is 56.7 Å². The van der Waals surface area contributed by atoms with Gasteiger partial charge in [-0.15, -0.1) is 11.3 Å². The number of rotatable bonds is 5. The molecule has 134 valence electrons. The number of nitrogens with zero attached hydrogens (tertiary/aromatic N) is 2. The molecule has 6 nitrogen and oxygen atoms in total. The van der Waals surface area contributed by atoms with Crippen molar-refractivity contribution in [1.82, 2.24) is 15.0 Å². The maximum atomic E-state index is 12.5. The molecule has 1 aliphatic rings. The zero-order valence-electron chi connectivity index (χ0n) is 14.3. The molecule has 0 spiro atoms. The molecule has 7 heteroatoms. The van der Waals surface area contributed by atoms with Crippen molar-refractivity contribution in [3.8, 4) is 0 Å². The van der Waals surface area contributed by atoms with E-state index in [0.29, 0.717) is 17.9 Å². The Bertz CT molecular complexity index is 994. The largest absolute Gasteiger partial charge is 0.459 e. The topological polar surface area (TPSA) is 84.9 Å². The van der Waals surface area contributed by atoms with Gasteiger partial charge in [-0.2, -0.15) is 0 Å². The number of aryl methyl sites for hydroxylation is 3. The molecule has 0 saturated carbocycles. The number of thiophene rings is 1. The van der Waals surface area contributed by atoms with Crippen LogP contribution in [-0.4, -0.2) is 20.9 Å². The molecule has 0 aliphatic heterocycles. The highest BCUT2D eigenvalue weighted by Gasteiger charge is 2.19. The van der Waals surface area contributed by atoms with Crippen LogP contribution in [0.25, 0.3) is 10.2 Å². The monoisotopic (exact) mass is 369 g/mol. The molecule has 0 saturated heterocycles. The van der Waals surface area contributed by atoms with E-state index >= 15 is 0 Å². The number of aromatic amines is 1. The van der Waals surface area contributed by atoms with Gasteiger partial charge in [0.15, 0.2) is 0 Å². The summed E-state index contributed by atoms with van der Waals surface area (Å²) in [6, 6.07) is 5.46. The van der Waals surface area contributed by atoms with Crippen LogP contribution in [0.15, 0.2) is 29.2 Å². The Balaban J connectivity index is 1.42. The summed E-state index contributed by atoms with van der Waals surface area (Å²) in [5.74, 6) is 0.208. The quantitative estimate of drug-likeness (QED) is 0.699. The Morgan fingerprint density at radius 1 is 1.27 bits per heavy atom. The Morgan fingerprint density at radius 3 is 3.00 bits per heavy atom. The van der Waals surface area contributed by atoms with Gasteiger partial charge in [0, 0.05) is 17.5 Å². The summed E-state index contributed by atoms with van der Waals surface area (Å²) in [5, 5.41) is 0.742. The molecular formula is C19H19N3O3S. The number of H-pyrrole nitrogens is 1. The number of nitrogens with one attached hydrogen (secondary N) is 1. The molecule has 0 unspecified atom stereocenters. The van der Waals surface area contributed by atoms with Gasteiger partial charge >= 0.3 is 5.97 Å². The second kappa shape index (κ2) is 7.37. The number of hydrogen-bond donors (Lipinski definition) is 1. The molecular weight excluding hydrogens is 350 g/mol. The van der Waals surface area contributed by atoms with Crippen molar-refractivity contribution in [1.29, 1.82) is 0 Å². The Labute approximate surface area is 154 Å². The van der Waals surface area contributed by atoms with E-state index in [1.807, 2.05) is 12.1 Å². The van der Waals surface area contributed by atoms with E-state index < -0.39 is 0 Å². The van der Waals surface area contributed by atoms with Crippen LogP contribution in [0, 0.1) is 0 Å². The minimum Gasteiger partial charge on any atom is -0.459 e. The predicted octanol–water partition coefficient (Wildman–Crippen LogP) is 2.93. The minimum absolute atomic E-state index is 0.0914. The van der Waals surface area contributed by atoms with Gasteiger partial charge in [-0.1, -0.05) is 6.07 Å². The van der Waals surface area contributed by atoms with Gasteiger partial charge in [-0.3, -0.25) is 14.6 Å². The van der Waals surface area contributed by atoms with Crippen LogP contribution in [0.4, 0.5) is 0 Å². The van der Waals surface area contributed by atoms with Crippen LogP contribution < -0.4 is 5.56 Å². The normalized spacial score (nSPS) is 13.5. The molecule has 0 aromatic carbocycles. The first-order valence-corrected chi connectivity index (χ1v) is 9.61. The highest BCUT2D eigenvalue weighted by atomic mass is 32.1. The highest BCUT2D eigenvalue weighted by Crippen LogP contribution is 2.33. The maximum absolute atomic E-state index is 12.5. The lowest BCUT2D eigenvalue weighted by Gasteiger charge is -2.09. The number of hydrogen-bond acceptors (Lipinski definition) is 6. The van der Waals surface area contributed by atoms with Crippen molar-refractivity contribution in [3.63, 3.8) is 0 Å². The summed E-state index contributed by atoms with van der Waals surface area (Å²) in [7, 11) is 0. The molecule has 1 N–H and O–H groups in total. The molecule has 3 aromatic rings. The molecule has 1 aliphatic carbocycles. The molecule has 0 fully saturated rings. The predicted molar refractivity (Wildman–Crippen MR) is 99.2 cm³/mol. The highest BCUT2D eigenvalue weighted by molar-refractivity contribution is 7.18. The van der Waals surface area contributed by atoms with E-state index in [1.54, 1.807) is 23.6 Å². The Kier molecular flexibility index (Phi) is 4.79. The summed E-state index contributed by atoms with van der Waals surface area (Å²) in [5.41, 5.74) is 1.79. The molecule has 0 amide bonds. The van der Waals surface area contributed by atoms with Crippen LogP contribution in [0.3, 0.4) is 0 Å². The second-order valence-corrected chi connectivity index (χ2v) is 7.47. The van der Waals surface area contributed by atoms with Crippen molar-refractivity contribution >= 4 is 27.5 Å². The first-order valence-electron chi connectivity index (χ1n) is 8.79. The van der Waals surface area contributed by atoms with Crippen LogP contribution in [0.2, 0.25) is 0 Å². The van der Waals surface area contributed by atoms with E-state index in [2.05, 4.69) is 15.0 Å². The summed E-state index contributed by atoms with van der Waals surface area (Å²) < 4.78 is 5.22. The van der Waals surface area contributed by atoms with Gasteiger partial charge in [-0.25, -0.2) is 4.98 Å². The smallest absolute Gasteiger partial charge is 0.306 e. The van der Waals surface area contributed by atoms with Crippen molar-refractivity contribution < 1.29 is 9.53 Å². The third kappa shape index (κ3) is 3.53. The average molecular weight is 369 g/mol. The van der Waals surface area contributed by atoms with Gasteiger partial charge in [0.05, 0.1) is 17.5 Å². The Hall–Kier alpha value is -2.54. The molecule has 4 rings (SSSR count). The zero-order valence-corrected chi connectivity index (χ0v) is 15.1. The number of pyridine rings is 1. The summed E-state index contributed by atoms with van der Waals surface area (Å²) >= 11 is 1.61. The third-order valence-corrected chi connectivity index (χ3v) is 5.73. The number of esters is 1. The first-order chi connectivity index (χ1) is 12.7. The second-order valence-electron chi connectivity index (χ2n) is 6.39. The van der Waals surface area contributed by atoms with Gasteiger partial charge in [0.25, 0.3) is 5.56 Å². The molecule has 0 bridgehead atoms. The van der Waals surface area contributed by atoms with Crippen LogP contribution in [0.5, 0.6) is 0 Å².